The second-order valence-electron chi connectivity index (χ2n) is 9.68. The molecule has 2 aromatic heterocycles. The lowest BCUT2D eigenvalue weighted by molar-refractivity contribution is -0.231. The molecule has 0 aliphatic carbocycles. The van der Waals surface area contributed by atoms with E-state index >= 15 is 0 Å². The van der Waals surface area contributed by atoms with Gasteiger partial charge in [-0.05, 0) is 12.1 Å². The first kappa shape index (κ1) is 20.4. The number of aromatic nitrogens is 2. The minimum Gasteiger partial charge on any atom is -0.394 e. The van der Waals surface area contributed by atoms with Gasteiger partial charge in [0.05, 0.1) is 34.3 Å². The summed E-state index contributed by atoms with van der Waals surface area (Å²) < 4.78 is 16.2. The van der Waals surface area contributed by atoms with Crippen LogP contribution in [0.15, 0.2) is 48.5 Å². The van der Waals surface area contributed by atoms with Crippen LogP contribution in [0.3, 0.4) is 0 Å². The summed E-state index contributed by atoms with van der Waals surface area (Å²) in [6, 6.07) is 14.8. The van der Waals surface area contributed by atoms with Crippen LogP contribution in [0.1, 0.15) is 33.0 Å². The number of hydrogen-bond acceptors (Lipinski definition) is 6. The van der Waals surface area contributed by atoms with Gasteiger partial charge in [-0.15, -0.1) is 0 Å². The third-order valence-electron chi connectivity index (χ3n) is 8.14. The SMILES string of the molecule is CO[C@H]1[C@H](O)[C@H]2[C@@H](O[C@@H]1CO)n1c3ccccc3c3c4c(c5c6ccccc6n2c5c31)C(=O)NC4=O. The Bertz CT molecular complexity index is 1820. The quantitative estimate of drug-likeness (QED) is 0.333. The summed E-state index contributed by atoms with van der Waals surface area (Å²) in [5.74, 6) is -0.842. The number of methoxy groups -OCH3 is 1. The van der Waals surface area contributed by atoms with Gasteiger partial charge in [-0.2, -0.15) is 0 Å². The van der Waals surface area contributed by atoms with E-state index in [0.717, 1.165) is 32.8 Å². The van der Waals surface area contributed by atoms with Crippen LogP contribution in [-0.4, -0.2) is 63.2 Å². The number of nitrogens with zero attached hydrogens (tertiary/aromatic N) is 2. The first-order chi connectivity index (χ1) is 17.6. The number of carbonyl (C=O) groups is 2. The van der Waals surface area contributed by atoms with Crippen molar-refractivity contribution in [3.8, 4) is 0 Å². The van der Waals surface area contributed by atoms with Crippen LogP contribution < -0.4 is 5.32 Å². The number of hydrogen-bond donors (Lipinski definition) is 3. The highest BCUT2D eigenvalue weighted by Crippen LogP contribution is 2.53. The molecular formula is C27H21N3O6. The van der Waals surface area contributed by atoms with Crippen molar-refractivity contribution >= 4 is 55.4 Å². The van der Waals surface area contributed by atoms with Crippen molar-refractivity contribution in [2.24, 2.45) is 0 Å². The van der Waals surface area contributed by atoms with Gasteiger partial charge in [0, 0.05) is 34.2 Å². The van der Waals surface area contributed by atoms with Crippen molar-refractivity contribution in [3.05, 3.63) is 59.7 Å². The third kappa shape index (κ3) is 2.13. The zero-order valence-electron chi connectivity index (χ0n) is 19.1. The summed E-state index contributed by atoms with van der Waals surface area (Å²) in [5, 5.41) is 27.3. The molecule has 0 unspecified atom stereocenters. The number of nitrogens with one attached hydrogen (secondary N) is 1. The maximum Gasteiger partial charge on any atom is 0.259 e. The molecule has 5 heterocycles. The van der Waals surface area contributed by atoms with E-state index < -0.39 is 42.4 Å². The predicted octanol–water partition coefficient (Wildman–Crippen LogP) is 2.61. The van der Waals surface area contributed by atoms with E-state index in [4.69, 9.17) is 9.47 Å². The summed E-state index contributed by atoms with van der Waals surface area (Å²) in [4.78, 5) is 26.4. The molecular weight excluding hydrogens is 462 g/mol. The van der Waals surface area contributed by atoms with Crippen LogP contribution in [-0.2, 0) is 9.47 Å². The van der Waals surface area contributed by atoms with Crippen molar-refractivity contribution in [1.82, 2.24) is 14.5 Å². The number of benzene rings is 3. The van der Waals surface area contributed by atoms with Gasteiger partial charge in [0.1, 0.15) is 24.4 Å². The molecule has 3 N–H and O–H groups in total. The maximum atomic E-state index is 13.2. The number of fused-ring (bicyclic) bond motifs is 12. The molecule has 3 aliphatic heterocycles. The molecule has 36 heavy (non-hydrogen) atoms. The van der Waals surface area contributed by atoms with Crippen molar-refractivity contribution in [2.75, 3.05) is 13.7 Å². The molecule has 1 fully saturated rings. The highest BCUT2D eigenvalue weighted by Gasteiger charge is 2.51. The molecule has 1 saturated heterocycles. The Morgan fingerprint density at radius 2 is 1.47 bits per heavy atom. The number of ether oxygens (including phenoxy) is 2. The Labute approximate surface area is 203 Å². The Kier molecular flexibility index (Phi) is 3.81. The van der Waals surface area contributed by atoms with Gasteiger partial charge in [-0.25, -0.2) is 0 Å². The highest BCUT2D eigenvalue weighted by atomic mass is 16.6. The molecule has 0 bridgehead atoms. The molecule has 0 spiro atoms. The third-order valence-corrected chi connectivity index (χ3v) is 8.14. The summed E-state index contributed by atoms with van der Waals surface area (Å²) in [6.45, 7) is -0.322. The lowest BCUT2D eigenvalue weighted by Crippen LogP contribution is -2.55. The van der Waals surface area contributed by atoms with Gasteiger partial charge in [0.15, 0.2) is 6.23 Å². The van der Waals surface area contributed by atoms with E-state index in [1.54, 1.807) is 0 Å². The fourth-order valence-corrected chi connectivity index (χ4v) is 6.86. The number of amides is 2. The van der Waals surface area contributed by atoms with E-state index in [1.165, 1.54) is 7.11 Å². The molecule has 5 atom stereocenters. The van der Waals surface area contributed by atoms with Crippen LogP contribution in [0, 0.1) is 0 Å². The first-order valence-corrected chi connectivity index (χ1v) is 11.9. The molecule has 3 aliphatic rings. The normalized spacial score (nSPS) is 26.9. The molecule has 0 radical (unpaired) electrons. The van der Waals surface area contributed by atoms with Crippen molar-refractivity contribution in [3.63, 3.8) is 0 Å². The highest BCUT2D eigenvalue weighted by molar-refractivity contribution is 6.39. The van der Waals surface area contributed by atoms with Crippen LogP contribution in [0.2, 0.25) is 0 Å². The fraction of sp³-hybridized carbons (Fsp3) is 0.259. The van der Waals surface area contributed by atoms with Crippen molar-refractivity contribution in [1.29, 1.82) is 0 Å². The van der Waals surface area contributed by atoms with Crippen LogP contribution in [0.4, 0.5) is 0 Å². The molecule has 3 aromatic carbocycles. The smallest absolute Gasteiger partial charge is 0.259 e. The van der Waals surface area contributed by atoms with Crippen LogP contribution >= 0.6 is 0 Å². The standard InChI is InChI=1S/C27H21N3O6/c1-35-24-15(10-31)36-27-22(23(24)32)29-13-8-4-2-6-11(13)16-18-19(26(34)28-25(18)33)17-12-7-3-5-9-14(12)30(27)21(17)20(16)29/h2-9,15,22-24,27,31-32H,10H2,1H3,(H,28,33,34)/t15-,22+,23-,24-,27-/m1/s1. The second kappa shape index (κ2) is 6.71. The Morgan fingerprint density at radius 1 is 0.917 bits per heavy atom. The Balaban J connectivity index is 1.67. The monoisotopic (exact) mass is 483 g/mol. The molecule has 8 rings (SSSR count). The fourth-order valence-electron chi connectivity index (χ4n) is 6.86. The number of para-hydroxylation sites is 2. The minimum atomic E-state index is -1.02. The summed E-state index contributed by atoms with van der Waals surface area (Å²) in [7, 11) is 1.49. The average molecular weight is 483 g/mol. The van der Waals surface area contributed by atoms with E-state index in [9.17, 15) is 19.8 Å². The summed E-state index contributed by atoms with van der Waals surface area (Å²) in [6.07, 6.45) is -3.21. The van der Waals surface area contributed by atoms with E-state index in [1.807, 2.05) is 57.7 Å². The zero-order chi connectivity index (χ0) is 24.5. The van der Waals surface area contributed by atoms with E-state index in [0.29, 0.717) is 21.9 Å². The second-order valence-corrected chi connectivity index (χ2v) is 9.68. The van der Waals surface area contributed by atoms with Gasteiger partial charge >= 0.3 is 0 Å². The lowest BCUT2D eigenvalue weighted by Gasteiger charge is -2.47. The minimum absolute atomic E-state index is 0.322. The summed E-state index contributed by atoms with van der Waals surface area (Å²) in [5.41, 5.74) is 3.91. The Morgan fingerprint density at radius 3 is 2.06 bits per heavy atom. The first-order valence-electron chi connectivity index (χ1n) is 11.9. The maximum absolute atomic E-state index is 13.2. The van der Waals surface area contributed by atoms with Crippen LogP contribution in [0.25, 0.3) is 43.6 Å². The number of rotatable bonds is 2. The molecule has 5 aromatic rings. The molecule has 0 saturated carbocycles. The van der Waals surface area contributed by atoms with Gasteiger partial charge in [-0.1, -0.05) is 36.4 Å². The topological polar surface area (TPSA) is 115 Å². The van der Waals surface area contributed by atoms with Gasteiger partial charge in [-0.3, -0.25) is 14.9 Å². The molecule has 180 valence electrons. The summed E-state index contributed by atoms with van der Waals surface area (Å²) >= 11 is 0. The lowest BCUT2D eigenvalue weighted by atomic mass is 9.93. The number of carbonyl (C=O) groups excluding carboxylic acids is 2. The van der Waals surface area contributed by atoms with Gasteiger partial charge in [0.2, 0.25) is 0 Å². The van der Waals surface area contributed by atoms with Crippen LogP contribution in [0.5, 0.6) is 0 Å². The van der Waals surface area contributed by atoms with E-state index in [2.05, 4.69) is 5.32 Å². The number of aliphatic hydroxyl groups is 2. The average Bonchev–Trinajstić information content (AvgIpc) is 3.51. The zero-order valence-corrected chi connectivity index (χ0v) is 19.1. The Hall–Kier alpha value is -3.76. The molecule has 2 amide bonds. The van der Waals surface area contributed by atoms with Gasteiger partial charge < -0.3 is 28.8 Å². The largest absolute Gasteiger partial charge is 0.394 e. The van der Waals surface area contributed by atoms with Crippen molar-refractivity contribution < 1.29 is 29.3 Å². The number of imide groups is 1. The van der Waals surface area contributed by atoms with Crippen molar-refractivity contribution in [2.45, 2.75) is 30.6 Å². The van der Waals surface area contributed by atoms with E-state index in [-0.39, 0.29) is 6.61 Å². The number of aliphatic hydroxyl groups excluding tert-OH is 2. The molecule has 9 heteroatoms. The molecule has 9 nitrogen and oxygen atoms in total. The predicted molar refractivity (Wildman–Crippen MR) is 131 cm³/mol. The van der Waals surface area contributed by atoms with Gasteiger partial charge in [0.25, 0.3) is 11.8 Å².